The summed E-state index contributed by atoms with van der Waals surface area (Å²) in [6, 6.07) is 6.71. The lowest BCUT2D eigenvalue weighted by molar-refractivity contribution is -0.169. The number of hydrogen-bond donors (Lipinski definition) is 1. The first-order valence-electron chi connectivity index (χ1n) is 8.84. The van der Waals surface area contributed by atoms with Crippen molar-refractivity contribution >= 4 is 17.6 Å². The fraction of sp³-hybridized carbons (Fsp3) is 0.500. The first-order chi connectivity index (χ1) is 12.5. The van der Waals surface area contributed by atoms with Crippen molar-refractivity contribution in [2.75, 3.05) is 19.7 Å². The summed E-state index contributed by atoms with van der Waals surface area (Å²) in [5, 5.41) is 7.56. The summed E-state index contributed by atoms with van der Waals surface area (Å²) >= 11 is 5.89. The highest BCUT2D eigenvalue weighted by Gasteiger charge is 2.42. The molecule has 2 aliphatic heterocycles. The van der Waals surface area contributed by atoms with Crippen LogP contribution in [-0.4, -0.2) is 46.4 Å². The second-order valence-electron chi connectivity index (χ2n) is 6.90. The van der Waals surface area contributed by atoms with E-state index in [-0.39, 0.29) is 17.7 Å². The Morgan fingerprint density at radius 2 is 1.96 bits per heavy atom. The normalized spacial score (nSPS) is 19.8. The molecule has 8 heteroatoms. The van der Waals surface area contributed by atoms with Gasteiger partial charge in [-0.2, -0.15) is 4.98 Å². The molecule has 0 saturated carbocycles. The molecule has 2 fully saturated rings. The molecule has 1 aromatic heterocycles. The van der Waals surface area contributed by atoms with Crippen LogP contribution in [0.2, 0.25) is 5.02 Å². The molecule has 1 N–H and O–H groups in total. The summed E-state index contributed by atoms with van der Waals surface area (Å²) in [7, 11) is 0. The number of nitrogens with zero attached hydrogens (tertiary/aromatic N) is 3. The van der Waals surface area contributed by atoms with Crippen molar-refractivity contribution in [2.24, 2.45) is 0 Å². The fourth-order valence-corrected chi connectivity index (χ4v) is 3.49. The van der Waals surface area contributed by atoms with E-state index >= 15 is 0 Å². The summed E-state index contributed by atoms with van der Waals surface area (Å²) in [5.74, 6) is 0.846. The van der Waals surface area contributed by atoms with Gasteiger partial charge in [0.05, 0.1) is 12.2 Å². The van der Waals surface area contributed by atoms with Crippen LogP contribution in [0, 0.1) is 0 Å². The van der Waals surface area contributed by atoms with Crippen LogP contribution in [0.5, 0.6) is 0 Å². The Morgan fingerprint density at radius 3 is 2.58 bits per heavy atom. The molecular formula is C18H21ClN4O3. The molecule has 2 saturated heterocycles. The van der Waals surface area contributed by atoms with Gasteiger partial charge in [-0.05, 0) is 50.5 Å². The molecule has 26 heavy (non-hydrogen) atoms. The Bertz CT molecular complexity index is 778. The van der Waals surface area contributed by atoms with Crippen molar-refractivity contribution in [1.82, 2.24) is 20.4 Å². The third-order valence-corrected chi connectivity index (χ3v) is 5.43. The molecule has 0 aliphatic carbocycles. The third kappa shape index (κ3) is 3.41. The number of halogens is 1. The van der Waals surface area contributed by atoms with Gasteiger partial charge in [-0.1, -0.05) is 16.8 Å². The Hall–Kier alpha value is -2.12. The van der Waals surface area contributed by atoms with E-state index in [4.69, 9.17) is 20.9 Å². The molecule has 0 bridgehead atoms. The number of ether oxygens (including phenoxy) is 1. The molecule has 1 atom stereocenters. The summed E-state index contributed by atoms with van der Waals surface area (Å²) in [5.41, 5.74) is 0.840. The van der Waals surface area contributed by atoms with Crippen molar-refractivity contribution < 1.29 is 14.1 Å². The van der Waals surface area contributed by atoms with E-state index in [9.17, 15) is 4.79 Å². The van der Waals surface area contributed by atoms with Crippen LogP contribution in [0.1, 0.15) is 38.1 Å². The summed E-state index contributed by atoms with van der Waals surface area (Å²) in [6.07, 6.45) is 2.90. The highest BCUT2D eigenvalue weighted by atomic mass is 35.5. The third-order valence-electron chi connectivity index (χ3n) is 5.18. The molecular weight excluding hydrogens is 356 g/mol. The Morgan fingerprint density at radius 1 is 1.27 bits per heavy atom. The number of carbonyl (C=O) groups excluding carboxylic acids is 1. The number of likely N-dealkylation sites (tertiary alicyclic amines) is 1. The first kappa shape index (κ1) is 17.3. The molecule has 4 rings (SSSR count). The van der Waals surface area contributed by atoms with E-state index in [0.29, 0.717) is 29.8 Å². The van der Waals surface area contributed by atoms with E-state index < -0.39 is 0 Å². The maximum absolute atomic E-state index is 12.5. The SMILES string of the molecule is CC(NC(=O)N1CCC2(CCO2)CC1)c1nc(-c2ccc(Cl)cc2)no1. The zero-order chi connectivity index (χ0) is 18.1. The first-order valence-corrected chi connectivity index (χ1v) is 9.21. The lowest BCUT2D eigenvalue weighted by atomic mass is 9.84. The highest BCUT2D eigenvalue weighted by Crippen LogP contribution is 2.36. The molecule has 2 amide bonds. The summed E-state index contributed by atoms with van der Waals surface area (Å²) in [4.78, 5) is 18.7. The predicted octanol–water partition coefficient (Wildman–Crippen LogP) is 3.42. The number of nitrogens with one attached hydrogen (secondary N) is 1. The highest BCUT2D eigenvalue weighted by molar-refractivity contribution is 6.30. The van der Waals surface area contributed by atoms with Gasteiger partial charge in [-0.15, -0.1) is 0 Å². The van der Waals surface area contributed by atoms with Gasteiger partial charge in [0, 0.05) is 23.7 Å². The lowest BCUT2D eigenvalue weighted by Gasteiger charge is -2.47. The lowest BCUT2D eigenvalue weighted by Crippen LogP contribution is -2.55. The Balaban J connectivity index is 1.35. The minimum Gasteiger partial charge on any atom is -0.375 e. The zero-order valence-corrected chi connectivity index (χ0v) is 15.3. The molecule has 0 radical (unpaired) electrons. The largest absolute Gasteiger partial charge is 0.375 e. The van der Waals surface area contributed by atoms with E-state index in [2.05, 4.69) is 15.5 Å². The minimum absolute atomic E-state index is 0.0301. The average Bonchev–Trinajstić information content (AvgIpc) is 3.11. The summed E-state index contributed by atoms with van der Waals surface area (Å²) in [6.45, 7) is 4.09. The van der Waals surface area contributed by atoms with Crippen LogP contribution in [0.3, 0.4) is 0 Å². The quantitative estimate of drug-likeness (QED) is 0.887. The Labute approximate surface area is 156 Å². The van der Waals surface area contributed by atoms with Gasteiger partial charge in [0.1, 0.15) is 6.04 Å². The zero-order valence-electron chi connectivity index (χ0n) is 14.6. The van der Waals surface area contributed by atoms with Crippen LogP contribution in [0.15, 0.2) is 28.8 Å². The van der Waals surface area contributed by atoms with Crippen LogP contribution < -0.4 is 5.32 Å². The van der Waals surface area contributed by atoms with E-state index in [0.717, 1.165) is 31.4 Å². The summed E-state index contributed by atoms with van der Waals surface area (Å²) < 4.78 is 11.0. The second-order valence-corrected chi connectivity index (χ2v) is 7.34. The van der Waals surface area contributed by atoms with E-state index in [1.165, 1.54) is 0 Å². The fourth-order valence-electron chi connectivity index (χ4n) is 3.37. The number of hydrogen-bond acceptors (Lipinski definition) is 5. The van der Waals surface area contributed by atoms with Gasteiger partial charge < -0.3 is 19.5 Å². The smallest absolute Gasteiger partial charge is 0.318 e. The predicted molar refractivity (Wildman–Crippen MR) is 95.8 cm³/mol. The average molecular weight is 377 g/mol. The van der Waals surface area contributed by atoms with Crippen molar-refractivity contribution in [3.63, 3.8) is 0 Å². The van der Waals surface area contributed by atoms with E-state index in [1.54, 1.807) is 12.1 Å². The van der Waals surface area contributed by atoms with Gasteiger partial charge in [-0.25, -0.2) is 4.79 Å². The van der Waals surface area contributed by atoms with Crippen molar-refractivity contribution in [1.29, 1.82) is 0 Å². The van der Waals surface area contributed by atoms with Gasteiger partial charge in [0.25, 0.3) is 0 Å². The van der Waals surface area contributed by atoms with E-state index in [1.807, 2.05) is 24.0 Å². The molecule has 3 heterocycles. The van der Waals surface area contributed by atoms with Crippen LogP contribution >= 0.6 is 11.6 Å². The van der Waals surface area contributed by atoms with Crippen LogP contribution in [0.4, 0.5) is 4.79 Å². The van der Waals surface area contributed by atoms with Gasteiger partial charge in [0.2, 0.25) is 11.7 Å². The molecule has 138 valence electrons. The molecule has 1 spiro atoms. The second kappa shape index (κ2) is 6.89. The van der Waals surface area contributed by atoms with Crippen molar-refractivity contribution in [3.05, 3.63) is 35.2 Å². The maximum Gasteiger partial charge on any atom is 0.318 e. The van der Waals surface area contributed by atoms with Gasteiger partial charge in [-0.3, -0.25) is 0 Å². The maximum atomic E-state index is 12.5. The van der Waals surface area contributed by atoms with Gasteiger partial charge >= 0.3 is 6.03 Å². The standard InChI is InChI=1S/C18H21ClN4O3/c1-12(16-21-15(22-26-16)13-2-4-14(19)5-3-13)20-17(24)23-9-6-18(7-10-23)8-11-25-18/h2-5,12H,6-11H2,1H3,(H,20,24). The number of urea groups is 1. The molecule has 1 unspecified atom stereocenters. The van der Waals surface area contributed by atoms with Crippen molar-refractivity contribution in [2.45, 2.75) is 37.8 Å². The number of rotatable bonds is 3. The van der Waals surface area contributed by atoms with Crippen LogP contribution in [0.25, 0.3) is 11.4 Å². The minimum atomic E-state index is -0.369. The molecule has 2 aromatic rings. The number of benzene rings is 1. The topological polar surface area (TPSA) is 80.5 Å². The monoisotopic (exact) mass is 376 g/mol. The Kier molecular flexibility index (Phi) is 4.58. The number of piperidine rings is 1. The molecule has 2 aliphatic rings. The number of aromatic nitrogens is 2. The molecule has 1 aromatic carbocycles. The number of carbonyl (C=O) groups is 1. The number of amides is 2. The van der Waals surface area contributed by atoms with Gasteiger partial charge in [0.15, 0.2) is 0 Å². The molecule has 7 nitrogen and oxygen atoms in total. The van der Waals surface area contributed by atoms with Crippen LogP contribution in [-0.2, 0) is 4.74 Å². The van der Waals surface area contributed by atoms with Crippen molar-refractivity contribution in [3.8, 4) is 11.4 Å².